The van der Waals surface area contributed by atoms with Gasteiger partial charge in [-0.15, -0.1) is 11.8 Å². The van der Waals surface area contributed by atoms with Gasteiger partial charge in [0.1, 0.15) is 0 Å². The molecule has 0 saturated heterocycles. The van der Waals surface area contributed by atoms with Crippen molar-refractivity contribution in [2.45, 2.75) is 43.9 Å². The predicted molar refractivity (Wildman–Crippen MR) is 130 cm³/mol. The number of nitrogens with one attached hydrogen (secondary N) is 1. The summed E-state index contributed by atoms with van der Waals surface area (Å²) in [7, 11) is 1.96. The highest BCUT2D eigenvalue weighted by Gasteiger charge is 2.15. The van der Waals surface area contributed by atoms with Crippen molar-refractivity contribution in [1.29, 1.82) is 0 Å². The van der Waals surface area contributed by atoms with Gasteiger partial charge in [-0.25, -0.2) is 0 Å². The topological polar surface area (TPSA) is 32.3 Å². The molecule has 28 heavy (non-hydrogen) atoms. The second-order valence-electron chi connectivity index (χ2n) is 6.58. The van der Waals surface area contributed by atoms with Gasteiger partial charge in [0.2, 0.25) is 0 Å². The van der Waals surface area contributed by atoms with Crippen molar-refractivity contribution in [2.24, 2.45) is 0 Å². The first kappa shape index (κ1) is 23.2. The van der Waals surface area contributed by atoms with Gasteiger partial charge in [-0.2, -0.15) is 0 Å². The van der Waals surface area contributed by atoms with Crippen molar-refractivity contribution in [3.8, 4) is 0 Å². The average molecular weight is 482 g/mol. The number of carbonyl (C=O) groups is 1. The predicted octanol–water partition coefficient (Wildman–Crippen LogP) is 7.48. The highest BCUT2D eigenvalue weighted by Crippen LogP contribution is 2.29. The molecule has 0 aliphatic carbocycles. The lowest BCUT2D eigenvalue weighted by molar-refractivity contribution is 0.102. The second kappa shape index (κ2) is 12.5. The fraction of sp³-hybridized carbons (Fsp3) is 0.409. The molecule has 1 amide bonds. The van der Waals surface area contributed by atoms with E-state index in [1.54, 1.807) is 11.9 Å². The molecule has 0 radical (unpaired) electrons. The summed E-state index contributed by atoms with van der Waals surface area (Å²) in [4.78, 5) is 14.0. The smallest absolute Gasteiger partial charge is 0.257 e. The first-order valence-electron chi connectivity index (χ1n) is 9.66. The van der Waals surface area contributed by atoms with Crippen LogP contribution in [0.2, 0.25) is 0 Å². The summed E-state index contributed by atoms with van der Waals surface area (Å²) in [5.41, 5.74) is 2.36. The third-order valence-corrected chi connectivity index (χ3v) is 6.78. The van der Waals surface area contributed by atoms with Crippen LogP contribution in [0.4, 0.5) is 11.4 Å². The quantitative estimate of drug-likeness (QED) is 0.205. The number of nitrogens with zero attached hydrogens (tertiary/aromatic N) is 1. The lowest BCUT2D eigenvalue weighted by Gasteiger charge is -2.19. The van der Waals surface area contributed by atoms with Crippen LogP contribution in [-0.2, 0) is 0 Å². The van der Waals surface area contributed by atoms with E-state index in [1.807, 2.05) is 59.7 Å². The Morgan fingerprint density at radius 2 is 1.79 bits per heavy atom. The molecular formula is C22H29BrN2OS2. The Bertz CT molecular complexity index is 753. The number of hydrogen-bond donors (Lipinski definition) is 1. The van der Waals surface area contributed by atoms with Crippen molar-refractivity contribution in [3.63, 3.8) is 0 Å². The van der Waals surface area contributed by atoms with E-state index in [0.29, 0.717) is 5.56 Å². The molecule has 0 fully saturated rings. The molecule has 0 aromatic heterocycles. The average Bonchev–Trinajstić information content (AvgIpc) is 2.71. The molecule has 0 saturated carbocycles. The van der Waals surface area contributed by atoms with Crippen LogP contribution in [0.15, 0.2) is 51.8 Å². The van der Waals surface area contributed by atoms with Gasteiger partial charge in [0.25, 0.3) is 5.91 Å². The number of carbonyl (C=O) groups excluding carboxylic acids is 1. The van der Waals surface area contributed by atoms with Crippen LogP contribution in [0.1, 0.15) is 49.4 Å². The number of thioether (sulfide) groups is 1. The van der Waals surface area contributed by atoms with E-state index in [1.165, 1.54) is 37.0 Å². The van der Waals surface area contributed by atoms with Crippen LogP contribution in [0, 0.1) is 0 Å². The van der Waals surface area contributed by atoms with Gasteiger partial charge in [0.05, 0.1) is 11.3 Å². The summed E-state index contributed by atoms with van der Waals surface area (Å²) in [5, 5.41) is 3.02. The highest BCUT2D eigenvalue weighted by molar-refractivity contribution is 9.10. The summed E-state index contributed by atoms with van der Waals surface area (Å²) in [5.74, 6) is 1.05. The molecular weight excluding hydrogens is 452 g/mol. The van der Waals surface area contributed by atoms with E-state index in [9.17, 15) is 4.79 Å². The molecule has 0 aliphatic heterocycles. The van der Waals surface area contributed by atoms with E-state index in [0.717, 1.165) is 21.6 Å². The van der Waals surface area contributed by atoms with Gasteiger partial charge < -0.3 is 9.62 Å². The molecule has 0 spiro atoms. The summed E-state index contributed by atoms with van der Waals surface area (Å²) in [6.07, 6.45) is 8.53. The summed E-state index contributed by atoms with van der Waals surface area (Å²) < 4.78 is 2.94. The molecule has 152 valence electrons. The lowest BCUT2D eigenvalue weighted by Crippen LogP contribution is -2.17. The first-order chi connectivity index (χ1) is 13.5. The van der Waals surface area contributed by atoms with Crippen molar-refractivity contribution in [1.82, 2.24) is 0 Å². The molecule has 0 unspecified atom stereocenters. The molecule has 2 aromatic rings. The first-order valence-corrected chi connectivity index (χ1v) is 12.6. The van der Waals surface area contributed by atoms with E-state index in [4.69, 9.17) is 0 Å². The maximum Gasteiger partial charge on any atom is 0.257 e. The number of rotatable bonds is 11. The molecule has 0 atom stereocenters. The minimum Gasteiger partial charge on any atom is -0.322 e. The summed E-state index contributed by atoms with van der Waals surface area (Å²) in [6.45, 7) is 2.24. The molecule has 3 nitrogen and oxygen atoms in total. The van der Waals surface area contributed by atoms with Gasteiger partial charge >= 0.3 is 0 Å². The third kappa shape index (κ3) is 7.37. The van der Waals surface area contributed by atoms with E-state index < -0.39 is 0 Å². The van der Waals surface area contributed by atoms with Crippen LogP contribution in [-0.4, -0.2) is 25.0 Å². The zero-order chi connectivity index (χ0) is 20.4. The Balaban J connectivity index is 1.92. The Morgan fingerprint density at radius 3 is 2.46 bits per heavy atom. The largest absolute Gasteiger partial charge is 0.322 e. The number of benzene rings is 2. The van der Waals surface area contributed by atoms with Crippen LogP contribution < -0.4 is 9.62 Å². The monoisotopic (exact) mass is 480 g/mol. The van der Waals surface area contributed by atoms with Gasteiger partial charge in [-0.05, 0) is 54.6 Å². The minimum atomic E-state index is -0.0975. The number of hydrogen-bond acceptors (Lipinski definition) is 4. The molecule has 2 aromatic carbocycles. The lowest BCUT2D eigenvalue weighted by atomic mass is 10.1. The fourth-order valence-electron chi connectivity index (χ4n) is 2.78. The van der Waals surface area contributed by atoms with Gasteiger partial charge in [0, 0.05) is 28.4 Å². The normalized spacial score (nSPS) is 10.7. The van der Waals surface area contributed by atoms with Gasteiger partial charge in [-0.1, -0.05) is 60.5 Å². The Morgan fingerprint density at radius 1 is 1.07 bits per heavy atom. The molecule has 0 heterocycles. The number of amides is 1. The Labute approximate surface area is 186 Å². The molecule has 0 aliphatic rings. The van der Waals surface area contributed by atoms with Crippen molar-refractivity contribution in [3.05, 3.63) is 52.5 Å². The standard InChI is InChI=1S/C22H29BrN2OS2/c1-4-5-6-7-8-15-28-19-12-10-18(11-13-19)24-22(26)20-14-9-17(23)16-21(20)25(2)27-3/h9-14,16H,4-8,15H2,1-3H3,(H,24,26). The molecule has 0 bridgehead atoms. The minimum absolute atomic E-state index is 0.0975. The zero-order valence-electron chi connectivity index (χ0n) is 16.8. The van der Waals surface area contributed by atoms with Crippen molar-refractivity contribution in [2.75, 3.05) is 28.7 Å². The zero-order valence-corrected chi connectivity index (χ0v) is 20.1. The molecule has 1 N–H and O–H groups in total. The number of halogens is 1. The SMILES string of the molecule is CCCCCCCSc1ccc(NC(=O)c2ccc(Br)cc2N(C)SC)cc1. The van der Waals surface area contributed by atoms with E-state index in [2.05, 4.69) is 40.3 Å². The summed E-state index contributed by atoms with van der Waals surface area (Å²) in [6, 6.07) is 13.8. The van der Waals surface area contributed by atoms with Crippen LogP contribution in [0.25, 0.3) is 0 Å². The summed E-state index contributed by atoms with van der Waals surface area (Å²) >= 11 is 6.94. The fourth-order valence-corrected chi connectivity index (χ4v) is 4.39. The highest BCUT2D eigenvalue weighted by atomic mass is 79.9. The van der Waals surface area contributed by atoms with Crippen LogP contribution in [0.5, 0.6) is 0 Å². The van der Waals surface area contributed by atoms with E-state index in [-0.39, 0.29) is 5.91 Å². The molecule has 6 heteroatoms. The van der Waals surface area contributed by atoms with E-state index >= 15 is 0 Å². The van der Waals surface area contributed by atoms with Gasteiger partial charge in [-0.3, -0.25) is 4.79 Å². The van der Waals surface area contributed by atoms with Crippen LogP contribution in [0.3, 0.4) is 0 Å². The second-order valence-corrected chi connectivity index (χ2v) is 9.58. The van der Waals surface area contributed by atoms with Crippen molar-refractivity contribution >= 4 is 56.9 Å². The maximum absolute atomic E-state index is 12.8. The molecule has 2 rings (SSSR count). The van der Waals surface area contributed by atoms with Gasteiger partial charge in [0.15, 0.2) is 0 Å². The van der Waals surface area contributed by atoms with Crippen LogP contribution >= 0.6 is 39.6 Å². The maximum atomic E-state index is 12.8. The number of anilines is 2. The Kier molecular flexibility index (Phi) is 10.3. The number of unbranched alkanes of at least 4 members (excludes halogenated alkanes) is 4. The third-order valence-electron chi connectivity index (χ3n) is 4.45. The Hall–Kier alpha value is -1.11. The van der Waals surface area contributed by atoms with Crippen molar-refractivity contribution < 1.29 is 4.79 Å².